The third-order valence-corrected chi connectivity index (χ3v) is 3.40. The molecule has 1 N–H and O–H groups in total. The summed E-state index contributed by atoms with van der Waals surface area (Å²) >= 11 is 0. The summed E-state index contributed by atoms with van der Waals surface area (Å²) in [6.07, 6.45) is 0. The van der Waals surface area contributed by atoms with Gasteiger partial charge in [0.05, 0.1) is 6.04 Å². The quantitative estimate of drug-likeness (QED) is 0.914. The summed E-state index contributed by atoms with van der Waals surface area (Å²) in [6.45, 7) is 2.35. The maximum atomic E-state index is 13.2. The van der Waals surface area contributed by atoms with E-state index in [0.717, 1.165) is 11.3 Å². The van der Waals surface area contributed by atoms with Crippen molar-refractivity contribution in [2.45, 2.75) is 19.5 Å². The predicted octanol–water partition coefficient (Wildman–Crippen LogP) is 3.28. The van der Waals surface area contributed by atoms with Gasteiger partial charge in [-0.2, -0.15) is 0 Å². The lowest BCUT2D eigenvalue weighted by Crippen LogP contribution is -2.39. The van der Waals surface area contributed by atoms with Crippen LogP contribution in [0.1, 0.15) is 12.5 Å². The number of carbonyl (C=O) groups is 1. The van der Waals surface area contributed by atoms with Crippen molar-refractivity contribution in [2.75, 3.05) is 12.4 Å². The van der Waals surface area contributed by atoms with Crippen LogP contribution >= 0.6 is 0 Å². The fourth-order valence-corrected chi connectivity index (χ4v) is 2.03. The molecule has 0 bridgehead atoms. The van der Waals surface area contributed by atoms with Crippen molar-refractivity contribution in [2.24, 2.45) is 0 Å². The summed E-state index contributed by atoms with van der Waals surface area (Å²) in [5.74, 6) is -0.345. The van der Waals surface area contributed by atoms with Crippen LogP contribution in [-0.2, 0) is 11.3 Å². The van der Waals surface area contributed by atoms with Gasteiger partial charge in [0.2, 0.25) is 5.91 Å². The smallest absolute Gasteiger partial charge is 0.241 e. The summed E-state index contributed by atoms with van der Waals surface area (Å²) < 4.78 is 13.2. The first-order chi connectivity index (χ1) is 10.1. The molecule has 1 amide bonds. The second-order valence-electron chi connectivity index (χ2n) is 5.08. The maximum Gasteiger partial charge on any atom is 0.241 e. The summed E-state index contributed by atoms with van der Waals surface area (Å²) in [5.41, 5.74) is 1.62. The minimum atomic E-state index is -0.312. The highest BCUT2D eigenvalue weighted by Crippen LogP contribution is 2.11. The number of hydrogen-bond acceptors (Lipinski definition) is 2. The molecular formula is C17H19FN2O. The number of rotatable bonds is 5. The van der Waals surface area contributed by atoms with Crippen LogP contribution in [-0.4, -0.2) is 23.9 Å². The average molecular weight is 286 g/mol. The standard InChI is InChI=1S/C17H19FN2O/c1-13(17(21)19-16-9-4-3-5-10-16)20(2)12-14-7-6-8-15(18)11-14/h3-11,13H,12H2,1-2H3,(H,19,21)/t13-/m0/s1. The number of nitrogens with zero attached hydrogens (tertiary/aromatic N) is 1. The molecule has 0 unspecified atom stereocenters. The molecule has 4 heteroatoms. The first kappa shape index (κ1) is 15.2. The van der Waals surface area contributed by atoms with Gasteiger partial charge in [0.25, 0.3) is 0 Å². The summed E-state index contributed by atoms with van der Waals surface area (Å²) in [6, 6.07) is 15.4. The highest BCUT2D eigenvalue weighted by Gasteiger charge is 2.18. The Kier molecular flexibility index (Phi) is 5.06. The van der Waals surface area contributed by atoms with E-state index in [1.165, 1.54) is 12.1 Å². The molecule has 0 saturated carbocycles. The highest BCUT2D eigenvalue weighted by atomic mass is 19.1. The van der Waals surface area contributed by atoms with Gasteiger partial charge in [-0.15, -0.1) is 0 Å². The minimum absolute atomic E-state index is 0.0832. The van der Waals surface area contributed by atoms with Crippen LogP contribution in [0.5, 0.6) is 0 Å². The molecule has 110 valence electrons. The van der Waals surface area contributed by atoms with Crippen molar-refractivity contribution < 1.29 is 9.18 Å². The van der Waals surface area contributed by atoms with Crippen LogP contribution < -0.4 is 5.32 Å². The van der Waals surface area contributed by atoms with Gasteiger partial charge >= 0.3 is 0 Å². The van der Waals surface area contributed by atoms with Gasteiger partial charge in [0.1, 0.15) is 5.82 Å². The summed E-state index contributed by atoms with van der Waals surface area (Å²) in [7, 11) is 1.85. The Balaban J connectivity index is 1.95. The van der Waals surface area contributed by atoms with Crippen molar-refractivity contribution in [3.05, 3.63) is 66.0 Å². The number of halogens is 1. The van der Waals surface area contributed by atoms with Gasteiger partial charge in [-0.3, -0.25) is 9.69 Å². The SMILES string of the molecule is C[C@@H](C(=O)Nc1ccccc1)N(C)Cc1cccc(F)c1. The van der Waals surface area contributed by atoms with Gasteiger partial charge in [-0.25, -0.2) is 4.39 Å². The van der Waals surface area contributed by atoms with E-state index >= 15 is 0 Å². The van der Waals surface area contributed by atoms with Gasteiger partial charge in [0.15, 0.2) is 0 Å². The monoisotopic (exact) mass is 286 g/mol. The first-order valence-electron chi connectivity index (χ1n) is 6.87. The fourth-order valence-electron chi connectivity index (χ4n) is 2.03. The van der Waals surface area contributed by atoms with E-state index < -0.39 is 0 Å². The van der Waals surface area contributed by atoms with E-state index in [9.17, 15) is 9.18 Å². The lowest BCUT2D eigenvalue weighted by molar-refractivity contribution is -0.120. The second-order valence-corrected chi connectivity index (χ2v) is 5.08. The van der Waals surface area contributed by atoms with Gasteiger partial charge in [-0.05, 0) is 43.8 Å². The van der Waals surface area contributed by atoms with E-state index in [2.05, 4.69) is 5.32 Å². The largest absolute Gasteiger partial charge is 0.325 e. The molecular weight excluding hydrogens is 267 g/mol. The number of amides is 1. The maximum absolute atomic E-state index is 13.2. The zero-order chi connectivity index (χ0) is 15.2. The van der Waals surface area contributed by atoms with Gasteiger partial charge in [-0.1, -0.05) is 30.3 Å². The third kappa shape index (κ3) is 4.39. The van der Waals surface area contributed by atoms with Crippen LogP contribution in [0.25, 0.3) is 0 Å². The first-order valence-corrected chi connectivity index (χ1v) is 6.87. The zero-order valence-electron chi connectivity index (χ0n) is 12.2. The van der Waals surface area contributed by atoms with Crippen LogP contribution in [0.4, 0.5) is 10.1 Å². The second kappa shape index (κ2) is 6.99. The number of carbonyl (C=O) groups excluding carboxylic acids is 1. The lowest BCUT2D eigenvalue weighted by atomic mass is 10.2. The third-order valence-electron chi connectivity index (χ3n) is 3.40. The lowest BCUT2D eigenvalue weighted by Gasteiger charge is -2.24. The number of benzene rings is 2. The van der Waals surface area contributed by atoms with Crippen molar-refractivity contribution >= 4 is 11.6 Å². The van der Waals surface area contributed by atoms with E-state index in [1.54, 1.807) is 6.07 Å². The Bertz CT molecular complexity index is 601. The zero-order valence-corrected chi connectivity index (χ0v) is 12.2. The van der Waals surface area contributed by atoms with E-state index in [-0.39, 0.29) is 17.8 Å². The van der Waals surface area contributed by atoms with Crippen LogP contribution in [0, 0.1) is 5.82 Å². The number of nitrogens with one attached hydrogen (secondary N) is 1. The minimum Gasteiger partial charge on any atom is -0.325 e. The van der Waals surface area contributed by atoms with Crippen molar-refractivity contribution in [1.82, 2.24) is 4.90 Å². The molecule has 0 aliphatic carbocycles. The molecule has 0 aliphatic heterocycles. The average Bonchev–Trinajstić information content (AvgIpc) is 2.47. The Hall–Kier alpha value is -2.20. The molecule has 2 rings (SSSR count). The van der Waals surface area contributed by atoms with Gasteiger partial charge < -0.3 is 5.32 Å². The molecule has 0 heterocycles. The highest BCUT2D eigenvalue weighted by molar-refractivity contribution is 5.94. The van der Waals surface area contributed by atoms with Gasteiger partial charge in [0, 0.05) is 12.2 Å². The number of para-hydroxylation sites is 1. The van der Waals surface area contributed by atoms with Crippen molar-refractivity contribution in [3.8, 4) is 0 Å². The molecule has 2 aromatic rings. The molecule has 0 spiro atoms. The van der Waals surface area contributed by atoms with Crippen LogP contribution in [0.15, 0.2) is 54.6 Å². The molecule has 0 aliphatic rings. The topological polar surface area (TPSA) is 32.3 Å². The molecule has 0 radical (unpaired) electrons. The fraction of sp³-hybridized carbons (Fsp3) is 0.235. The number of anilines is 1. The number of likely N-dealkylation sites (N-methyl/N-ethyl adjacent to an activating group) is 1. The molecule has 1 atom stereocenters. The summed E-state index contributed by atoms with van der Waals surface area (Å²) in [4.78, 5) is 14.1. The summed E-state index contributed by atoms with van der Waals surface area (Å²) in [5, 5.41) is 2.87. The van der Waals surface area contributed by atoms with Crippen LogP contribution in [0.2, 0.25) is 0 Å². The Morgan fingerprint density at radius 1 is 1.19 bits per heavy atom. The predicted molar refractivity (Wildman–Crippen MR) is 82.4 cm³/mol. The van der Waals surface area contributed by atoms with E-state index in [1.807, 2.05) is 55.3 Å². The number of hydrogen-bond donors (Lipinski definition) is 1. The molecule has 0 saturated heterocycles. The van der Waals surface area contributed by atoms with Crippen molar-refractivity contribution in [1.29, 1.82) is 0 Å². The van der Waals surface area contributed by atoms with Crippen LogP contribution in [0.3, 0.4) is 0 Å². The normalized spacial score (nSPS) is 12.2. The molecule has 2 aromatic carbocycles. The molecule has 0 aromatic heterocycles. The Labute approximate surface area is 124 Å². The molecule has 21 heavy (non-hydrogen) atoms. The van der Waals surface area contributed by atoms with E-state index in [4.69, 9.17) is 0 Å². The van der Waals surface area contributed by atoms with Crippen molar-refractivity contribution in [3.63, 3.8) is 0 Å². The molecule has 0 fully saturated rings. The Morgan fingerprint density at radius 3 is 2.57 bits per heavy atom. The molecule has 3 nitrogen and oxygen atoms in total. The van der Waals surface area contributed by atoms with E-state index in [0.29, 0.717) is 6.54 Å². The Morgan fingerprint density at radius 2 is 1.90 bits per heavy atom.